The highest BCUT2D eigenvalue weighted by atomic mass is 35.5. The number of carbonyl (C=O) groups is 1. The zero-order valence-electron chi connectivity index (χ0n) is 14.9. The zero-order valence-corrected chi connectivity index (χ0v) is 15.7. The maximum atomic E-state index is 11.9. The van der Waals surface area contributed by atoms with E-state index in [0.29, 0.717) is 16.3 Å². The Morgan fingerprint density at radius 2 is 2.07 bits per heavy atom. The minimum Gasteiger partial charge on any atom is -0.507 e. The number of hydrogen-bond acceptors (Lipinski definition) is 6. The molecule has 8 heteroatoms. The Morgan fingerprint density at radius 1 is 1.29 bits per heavy atom. The largest absolute Gasteiger partial charge is 0.507 e. The number of nitrogens with one attached hydrogen (secondary N) is 1. The molecule has 0 saturated heterocycles. The van der Waals surface area contributed by atoms with Crippen molar-refractivity contribution in [1.82, 2.24) is 9.97 Å². The fourth-order valence-electron chi connectivity index (χ4n) is 2.45. The number of para-hydroxylation sites is 2. The summed E-state index contributed by atoms with van der Waals surface area (Å²) in [5.74, 6) is -0.576. The van der Waals surface area contributed by atoms with Gasteiger partial charge in [0.15, 0.2) is 18.2 Å². The summed E-state index contributed by atoms with van der Waals surface area (Å²) in [6.45, 7) is 0.998. The number of aromatic amines is 1. The summed E-state index contributed by atoms with van der Waals surface area (Å²) in [5.41, 5.74) is 2.20. The number of imidazole rings is 1. The number of carbonyl (C=O) groups excluding carboxylic acids is 1. The summed E-state index contributed by atoms with van der Waals surface area (Å²) in [4.78, 5) is 19.1. The summed E-state index contributed by atoms with van der Waals surface area (Å²) in [6, 6.07) is 14.3. The molecule has 0 aliphatic heterocycles. The fraction of sp³-hybridized carbons (Fsp3) is 0.150. The third kappa shape index (κ3) is 4.42. The first-order valence-electron chi connectivity index (χ1n) is 8.30. The lowest BCUT2D eigenvalue weighted by Gasteiger charge is -2.09. The number of rotatable bonds is 6. The molecule has 142 valence electrons. The molecule has 0 atom stereocenters. The molecule has 0 bridgehead atoms. The number of aliphatic hydroxyl groups is 1. The van der Waals surface area contributed by atoms with E-state index < -0.39 is 18.3 Å². The van der Waals surface area contributed by atoms with Gasteiger partial charge in [-0.05, 0) is 36.8 Å². The standard InChI is InChI=1S/C20H16ClN3O4/c1-12-6-7-14(21)18(8-12)27-11-19(26)28-10-17(25)13(9-22)20-23-15-4-2-3-5-16(15)24-20/h2-8,25H,10-11H2,1H3,(H,23,24)/b17-13-. The number of halogens is 1. The Hall–Kier alpha value is -3.50. The van der Waals surface area contributed by atoms with Gasteiger partial charge in [-0.25, -0.2) is 9.78 Å². The molecule has 3 aromatic rings. The number of aryl methyl sites for hydroxylation is 1. The molecule has 0 fully saturated rings. The molecule has 0 amide bonds. The second-order valence-corrected chi connectivity index (χ2v) is 6.33. The number of ether oxygens (including phenoxy) is 2. The molecule has 0 radical (unpaired) electrons. The van der Waals surface area contributed by atoms with E-state index >= 15 is 0 Å². The van der Waals surface area contributed by atoms with Crippen molar-refractivity contribution in [3.63, 3.8) is 0 Å². The molecule has 1 heterocycles. The van der Waals surface area contributed by atoms with Crippen molar-refractivity contribution in [2.24, 2.45) is 0 Å². The SMILES string of the molecule is Cc1ccc(Cl)c(OCC(=O)OC/C(O)=C(\C#N)c2nc3ccccc3[nH]2)c1. The number of fused-ring (bicyclic) bond motifs is 1. The predicted octanol–water partition coefficient (Wildman–Crippen LogP) is 3.94. The van der Waals surface area contributed by atoms with Gasteiger partial charge < -0.3 is 19.6 Å². The van der Waals surface area contributed by atoms with E-state index in [1.54, 1.807) is 24.3 Å². The lowest BCUT2D eigenvalue weighted by Crippen LogP contribution is -2.17. The number of allylic oxidation sites excluding steroid dienone is 1. The number of benzene rings is 2. The predicted molar refractivity (Wildman–Crippen MR) is 104 cm³/mol. The quantitative estimate of drug-likeness (QED) is 0.370. The first-order valence-corrected chi connectivity index (χ1v) is 8.67. The lowest BCUT2D eigenvalue weighted by atomic mass is 10.2. The maximum absolute atomic E-state index is 11.9. The zero-order chi connectivity index (χ0) is 20.1. The van der Waals surface area contributed by atoms with Crippen LogP contribution in [0.1, 0.15) is 11.4 Å². The van der Waals surface area contributed by atoms with Gasteiger partial charge in [0.25, 0.3) is 0 Å². The molecule has 28 heavy (non-hydrogen) atoms. The maximum Gasteiger partial charge on any atom is 0.344 e. The molecular formula is C20H16ClN3O4. The second kappa shape index (κ2) is 8.46. The van der Waals surface area contributed by atoms with Gasteiger partial charge in [-0.2, -0.15) is 5.26 Å². The minimum absolute atomic E-state index is 0.105. The van der Waals surface area contributed by atoms with E-state index in [-0.39, 0.29) is 18.0 Å². The van der Waals surface area contributed by atoms with Crippen LogP contribution in [0.3, 0.4) is 0 Å². The van der Waals surface area contributed by atoms with Crippen LogP contribution >= 0.6 is 11.6 Å². The van der Waals surface area contributed by atoms with E-state index in [2.05, 4.69) is 9.97 Å². The fourth-order valence-corrected chi connectivity index (χ4v) is 2.62. The van der Waals surface area contributed by atoms with Gasteiger partial charge in [0, 0.05) is 0 Å². The van der Waals surface area contributed by atoms with Crippen LogP contribution < -0.4 is 4.74 Å². The molecule has 0 aliphatic rings. The van der Waals surface area contributed by atoms with Crippen LogP contribution in [-0.2, 0) is 9.53 Å². The smallest absolute Gasteiger partial charge is 0.344 e. The van der Waals surface area contributed by atoms with Crippen molar-refractivity contribution < 1.29 is 19.4 Å². The number of aliphatic hydroxyl groups excluding tert-OH is 1. The van der Waals surface area contributed by atoms with Gasteiger partial charge in [-0.15, -0.1) is 0 Å². The summed E-state index contributed by atoms with van der Waals surface area (Å²) >= 11 is 6.00. The first-order chi connectivity index (χ1) is 13.5. The normalized spacial score (nSPS) is 11.6. The molecule has 7 nitrogen and oxygen atoms in total. The topological polar surface area (TPSA) is 108 Å². The molecule has 1 aromatic heterocycles. The molecule has 2 aromatic carbocycles. The average Bonchev–Trinajstić information content (AvgIpc) is 3.11. The van der Waals surface area contributed by atoms with Crippen molar-refractivity contribution in [3.8, 4) is 11.8 Å². The Kier molecular flexibility index (Phi) is 5.82. The minimum atomic E-state index is -0.717. The summed E-state index contributed by atoms with van der Waals surface area (Å²) in [5, 5.41) is 19.9. The van der Waals surface area contributed by atoms with Crippen LogP contribution in [-0.4, -0.2) is 34.3 Å². The highest BCUT2D eigenvalue weighted by Crippen LogP contribution is 2.25. The van der Waals surface area contributed by atoms with Crippen molar-refractivity contribution >= 4 is 34.2 Å². The van der Waals surface area contributed by atoms with Crippen LogP contribution in [0.15, 0.2) is 48.2 Å². The molecule has 0 unspecified atom stereocenters. The Bertz CT molecular complexity index is 1070. The Balaban J connectivity index is 1.64. The van der Waals surface area contributed by atoms with Crippen molar-refractivity contribution in [2.75, 3.05) is 13.2 Å². The number of aromatic nitrogens is 2. The van der Waals surface area contributed by atoms with Gasteiger partial charge in [0.1, 0.15) is 24.0 Å². The van der Waals surface area contributed by atoms with Crippen molar-refractivity contribution in [1.29, 1.82) is 5.26 Å². The number of hydrogen-bond donors (Lipinski definition) is 2. The van der Waals surface area contributed by atoms with Crippen LogP contribution in [0, 0.1) is 18.3 Å². The van der Waals surface area contributed by atoms with Crippen LogP contribution in [0.2, 0.25) is 5.02 Å². The molecule has 0 saturated carbocycles. The highest BCUT2D eigenvalue weighted by Gasteiger charge is 2.15. The molecule has 2 N–H and O–H groups in total. The van der Waals surface area contributed by atoms with Crippen molar-refractivity contribution in [2.45, 2.75) is 6.92 Å². The van der Waals surface area contributed by atoms with Gasteiger partial charge in [-0.1, -0.05) is 29.8 Å². The Labute approximate surface area is 165 Å². The number of nitriles is 1. The molecule has 0 aliphatic carbocycles. The van der Waals surface area contributed by atoms with Gasteiger partial charge >= 0.3 is 5.97 Å². The van der Waals surface area contributed by atoms with Crippen LogP contribution in [0.4, 0.5) is 0 Å². The summed E-state index contributed by atoms with van der Waals surface area (Å²) in [7, 11) is 0. The highest BCUT2D eigenvalue weighted by molar-refractivity contribution is 6.32. The van der Waals surface area contributed by atoms with E-state index in [1.165, 1.54) is 0 Å². The summed E-state index contributed by atoms with van der Waals surface area (Å²) in [6.07, 6.45) is 0. The number of H-pyrrole nitrogens is 1. The molecule has 3 rings (SSSR count). The van der Waals surface area contributed by atoms with E-state index in [1.807, 2.05) is 31.2 Å². The molecule has 0 spiro atoms. The number of esters is 1. The monoisotopic (exact) mass is 397 g/mol. The van der Waals surface area contributed by atoms with Crippen LogP contribution in [0.5, 0.6) is 5.75 Å². The lowest BCUT2D eigenvalue weighted by molar-refractivity contribution is -0.145. The van der Waals surface area contributed by atoms with Gasteiger partial charge in [-0.3, -0.25) is 0 Å². The average molecular weight is 398 g/mol. The second-order valence-electron chi connectivity index (χ2n) is 5.92. The first kappa shape index (κ1) is 19.3. The number of nitrogens with zero attached hydrogens (tertiary/aromatic N) is 2. The summed E-state index contributed by atoms with van der Waals surface area (Å²) < 4.78 is 10.3. The van der Waals surface area contributed by atoms with E-state index in [4.69, 9.17) is 21.1 Å². The van der Waals surface area contributed by atoms with Crippen LogP contribution in [0.25, 0.3) is 16.6 Å². The van der Waals surface area contributed by atoms with E-state index in [0.717, 1.165) is 11.1 Å². The molecular weight excluding hydrogens is 382 g/mol. The Morgan fingerprint density at radius 3 is 2.82 bits per heavy atom. The van der Waals surface area contributed by atoms with E-state index in [9.17, 15) is 15.2 Å². The third-order valence-electron chi connectivity index (χ3n) is 3.83. The van der Waals surface area contributed by atoms with Gasteiger partial charge in [0.2, 0.25) is 0 Å². The van der Waals surface area contributed by atoms with Gasteiger partial charge in [0.05, 0.1) is 16.1 Å². The third-order valence-corrected chi connectivity index (χ3v) is 4.14. The van der Waals surface area contributed by atoms with Crippen molar-refractivity contribution in [3.05, 3.63) is 64.6 Å².